The van der Waals surface area contributed by atoms with Gasteiger partial charge in [-0.1, -0.05) is 72.8 Å². The van der Waals surface area contributed by atoms with Crippen molar-refractivity contribution in [3.8, 4) is 6.07 Å². The van der Waals surface area contributed by atoms with Gasteiger partial charge in [-0.05, 0) is 138 Å². The number of fused-ring (bicyclic) bond motifs is 3. The number of rotatable bonds is 14. The molecule has 9 heterocycles. The highest BCUT2D eigenvalue weighted by Crippen LogP contribution is 2.53. The number of aliphatic hydroxyl groups is 4. The van der Waals surface area contributed by atoms with Crippen molar-refractivity contribution in [3.05, 3.63) is 239 Å². The Labute approximate surface area is 545 Å². The highest BCUT2D eigenvalue weighted by molar-refractivity contribution is 5.91. The second-order valence-corrected chi connectivity index (χ2v) is 23.5. The molecule has 0 amide bonds. The van der Waals surface area contributed by atoms with Gasteiger partial charge in [-0.2, -0.15) is 20.6 Å². The fourth-order valence-electron chi connectivity index (χ4n) is 11.9. The Balaban J connectivity index is 0.000000152. The molecule has 3 aliphatic rings. The molecule has 496 valence electrons. The van der Waals surface area contributed by atoms with E-state index in [1.807, 2.05) is 13.0 Å². The molecule has 4 N–H and O–H groups in total. The molecule has 0 radical (unpaired) electrons. The van der Waals surface area contributed by atoms with Crippen LogP contribution in [0.5, 0.6) is 0 Å². The number of nitrogens with zero attached hydrogens (tertiary/aromatic N) is 9. The summed E-state index contributed by atoms with van der Waals surface area (Å²) in [5, 5.41) is 64.2. The van der Waals surface area contributed by atoms with Crippen molar-refractivity contribution in [2.24, 2.45) is 0 Å². The monoisotopic (exact) mass is 1320 g/mol. The van der Waals surface area contributed by atoms with Gasteiger partial charge >= 0.3 is 23.9 Å². The summed E-state index contributed by atoms with van der Waals surface area (Å²) in [5.74, 6) is -7.99. The smallest absolute Gasteiger partial charge is 0.338 e. The van der Waals surface area contributed by atoms with E-state index in [1.54, 1.807) is 141 Å². The van der Waals surface area contributed by atoms with Gasteiger partial charge in [-0.15, -0.1) is 0 Å². The maximum atomic E-state index is 17.0. The molecule has 3 fully saturated rings. The third-order valence-electron chi connectivity index (χ3n) is 17.3. The second kappa shape index (κ2) is 26.5. The number of aromatic nitrogens is 8. The SMILES string of the molecule is Cc1ccnn2c(C3(C#N)O[C@H](COC(=O)c4ccccc4)[C@@H](OC(=O)c4ccccc4)[C@@]3(C)F)ccc12.Cc1ncnn2c(C3(O)O[C@H](COC(=O)c4ccccc4)[C@@H](OC(=O)c4ccccc4)[C@@]3(C)F)ccc12.Cc1ncnn2c([C@]3(O)O[C@H](CO)[C@@H](O)[C@@]3(C)F)ccc12. The number of hydrogen-bond donors (Lipinski definition) is 4. The van der Waals surface area contributed by atoms with Gasteiger partial charge < -0.3 is 53.6 Å². The molecule has 0 aliphatic carbocycles. The number of benzene rings is 4. The quantitative estimate of drug-likeness (QED) is 0.0600. The van der Waals surface area contributed by atoms with E-state index in [9.17, 15) is 44.2 Å². The zero-order chi connectivity index (χ0) is 68.5. The van der Waals surface area contributed by atoms with Crippen LogP contribution >= 0.6 is 0 Å². The largest absolute Gasteiger partial charge is 0.459 e. The van der Waals surface area contributed by atoms with E-state index in [1.165, 1.54) is 68.8 Å². The van der Waals surface area contributed by atoms with Gasteiger partial charge in [-0.25, -0.2) is 55.9 Å². The van der Waals surface area contributed by atoms with E-state index in [-0.39, 0.29) is 39.3 Å². The molecule has 0 saturated carbocycles. The van der Waals surface area contributed by atoms with Crippen LogP contribution in [0.1, 0.15) is 96.2 Å². The van der Waals surface area contributed by atoms with E-state index in [2.05, 4.69) is 25.3 Å². The van der Waals surface area contributed by atoms with E-state index in [0.29, 0.717) is 27.9 Å². The average molecular weight is 1320 g/mol. The summed E-state index contributed by atoms with van der Waals surface area (Å²) in [5.41, 5.74) is -5.01. The van der Waals surface area contributed by atoms with E-state index in [0.717, 1.165) is 26.3 Å². The molecule has 24 nitrogen and oxygen atoms in total. The van der Waals surface area contributed by atoms with Crippen LogP contribution < -0.4 is 0 Å². The highest BCUT2D eigenvalue weighted by atomic mass is 19.2. The van der Waals surface area contributed by atoms with Gasteiger partial charge in [0.05, 0.1) is 62.5 Å². The van der Waals surface area contributed by atoms with Crippen molar-refractivity contribution in [1.82, 2.24) is 38.8 Å². The summed E-state index contributed by atoms with van der Waals surface area (Å²) >= 11 is 0. The summed E-state index contributed by atoms with van der Waals surface area (Å²) in [6, 6.07) is 45.8. The van der Waals surface area contributed by atoms with Crippen molar-refractivity contribution < 1.29 is 85.9 Å². The lowest BCUT2D eigenvalue weighted by molar-refractivity contribution is -0.256. The molecule has 10 aromatic rings. The number of halogens is 3. The van der Waals surface area contributed by atoms with Crippen LogP contribution in [-0.2, 0) is 50.3 Å². The topological polar surface area (TPSA) is 315 Å². The summed E-state index contributed by atoms with van der Waals surface area (Å²) in [4.78, 5) is 59.2. The van der Waals surface area contributed by atoms with Crippen LogP contribution in [0, 0.1) is 32.1 Å². The predicted molar refractivity (Wildman–Crippen MR) is 331 cm³/mol. The first-order chi connectivity index (χ1) is 45.8. The fourth-order valence-corrected chi connectivity index (χ4v) is 11.9. The van der Waals surface area contributed by atoms with Gasteiger partial charge in [0, 0.05) is 6.20 Å². The van der Waals surface area contributed by atoms with Crippen molar-refractivity contribution in [1.29, 1.82) is 5.26 Å². The zero-order valence-corrected chi connectivity index (χ0v) is 52.3. The molecule has 6 aromatic heterocycles. The molecule has 0 spiro atoms. The van der Waals surface area contributed by atoms with Crippen LogP contribution in [0.2, 0.25) is 0 Å². The molecule has 13 rings (SSSR count). The average Bonchev–Trinajstić information content (AvgIpc) is 1.58. The Morgan fingerprint density at radius 3 is 1.33 bits per heavy atom. The fraction of sp³-hybridized carbons (Fsp3) is 0.304. The summed E-state index contributed by atoms with van der Waals surface area (Å²) in [6.45, 7) is 7.04. The number of alkyl halides is 3. The molecule has 3 saturated heterocycles. The first-order valence-electron chi connectivity index (χ1n) is 30.1. The van der Waals surface area contributed by atoms with Gasteiger partial charge in [0.25, 0.3) is 0 Å². The van der Waals surface area contributed by atoms with E-state index in [4.69, 9.17) is 38.3 Å². The number of aryl methyl sites for hydroxylation is 3. The third kappa shape index (κ3) is 11.9. The lowest BCUT2D eigenvalue weighted by Crippen LogP contribution is -2.51. The minimum absolute atomic E-state index is 0.0306. The molecule has 0 bridgehead atoms. The van der Waals surface area contributed by atoms with Crippen LogP contribution in [0.15, 0.2) is 183 Å². The Bertz CT molecular complexity index is 4540. The van der Waals surface area contributed by atoms with Crippen molar-refractivity contribution in [3.63, 3.8) is 0 Å². The Morgan fingerprint density at radius 2 is 0.896 bits per heavy atom. The van der Waals surface area contributed by atoms with Gasteiger partial charge in [0.15, 0.2) is 23.5 Å². The molecule has 12 atom stereocenters. The Hall–Kier alpha value is -10.3. The maximum Gasteiger partial charge on any atom is 0.338 e. The summed E-state index contributed by atoms with van der Waals surface area (Å²) in [7, 11) is 0. The van der Waals surface area contributed by atoms with Gasteiger partial charge in [0.1, 0.15) is 67.7 Å². The standard InChI is InChI=1S/C29H24FN3O5.C27H24FN3O6.C13H16FN3O4/c1-19-15-16-32-33-22(19)13-14-24(33)29(18-31)28(2,30)25(37-27(35)21-11-7-4-8-12-21)23(38-29)17-36-26(34)20-9-5-3-6-10-20;1-17-20-13-14-22(31(20)30-16-29-17)27(34)26(2,28)23(36-25(33)19-11-7-4-8-12-19)21(37-27)15-35-24(32)18-9-5-3-6-10-18;1-7-8-3-4-10(17(8)16-6-15-7)13(20)12(2,14)11(19)9(5-18)21-13/h3-16,23,25H,17H2,1-2H3;3-14,16,21,23,34H,15H2,1-2H3;3-4,6,9,11,18-20H,5H2,1-2H3/t23-,25-,28-,29?;21-,23-,26-,27?;9-,11-,12-,13+/m111/s1. The molecule has 27 heteroatoms. The Kier molecular flexibility index (Phi) is 18.5. The van der Waals surface area contributed by atoms with Crippen LogP contribution in [0.25, 0.3) is 16.6 Å². The Morgan fingerprint density at radius 1 is 0.510 bits per heavy atom. The second-order valence-electron chi connectivity index (χ2n) is 23.5. The minimum Gasteiger partial charge on any atom is -0.459 e. The van der Waals surface area contributed by atoms with Crippen LogP contribution in [-0.4, -0.2) is 157 Å². The first kappa shape index (κ1) is 67.1. The molecule has 96 heavy (non-hydrogen) atoms. The van der Waals surface area contributed by atoms with Crippen LogP contribution in [0.3, 0.4) is 0 Å². The van der Waals surface area contributed by atoms with Crippen molar-refractivity contribution >= 4 is 40.4 Å². The van der Waals surface area contributed by atoms with E-state index < -0.39 is 115 Å². The summed E-state index contributed by atoms with van der Waals surface area (Å²) in [6.07, 6.45) is -4.66. The van der Waals surface area contributed by atoms with Gasteiger partial charge in [-0.3, -0.25) is 0 Å². The summed E-state index contributed by atoms with van der Waals surface area (Å²) < 4.78 is 91.7. The molecule has 4 aromatic carbocycles. The first-order valence-corrected chi connectivity index (χ1v) is 30.1. The number of hydrogen-bond acceptors (Lipinski definition) is 21. The normalized spacial score (nSPS) is 27.4. The number of carbonyl (C=O) groups is 4. The number of aliphatic hydroxyl groups excluding tert-OH is 2. The third-order valence-corrected chi connectivity index (χ3v) is 17.3. The maximum absolute atomic E-state index is 17.0. The highest BCUT2D eigenvalue weighted by Gasteiger charge is 2.71. The molecule has 2 unspecified atom stereocenters. The molecule has 3 aliphatic heterocycles. The van der Waals surface area contributed by atoms with Crippen molar-refractivity contribution in [2.45, 2.75) is 112 Å². The number of ether oxygens (including phenoxy) is 7. The van der Waals surface area contributed by atoms with Crippen LogP contribution in [0.4, 0.5) is 13.2 Å². The number of carbonyl (C=O) groups excluding carboxylic acids is 4. The lowest BCUT2D eigenvalue weighted by Gasteiger charge is -2.32. The van der Waals surface area contributed by atoms with Gasteiger partial charge in [0.2, 0.25) is 22.8 Å². The minimum atomic E-state index is -2.67. The molecular weight excluding hydrogens is 1250 g/mol. The predicted octanol–water partition coefficient (Wildman–Crippen LogP) is 7.63. The zero-order valence-electron chi connectivity index (χ0n) is 52.3. The van der Waals surface area contributed by atoms with E-state index >= 15 is 8.78 Å². The van der Waals surface area contributed by atoms with Crippen molar-refractivity contribution in [2.75, 3.05) is 19.8 Å². The lowest BCUT2D eigenvalue weighted by atomic mass is 9.81. The number of esters is 4. The molecular formula is C69H64F3N9O15. The number of nitriles is 1.